The lowest BCUT2D eigenvalue weighted by molar-refractivity contribution is 0.276. The van der Waals surface area contributed by atoms with Gasteiger partial charge in [-0.05, 0) is 5.56 Å². The Labute approximate surface area is 121 Å². The number of rotatable bonds is 5. The molecule has 0 radical (unpaired) electrons. The fourth-order valence-corrected chi connectivity index (χ4v) is 2.18. The van der Waals surface area contributed by atoms with Crippen LogP contribution in [0, 0.1) is 0 Å². The van der Waals surface area contributed by atoms with E-state index in [9.17, 15) is 5.11 Å². The minimum absolute atomic E-state index is 0.0567. The fraction of sp³-hybridized carbons (Fsp3) is 0.143. The van der Waals surface area contributed by atoms with Crippen LogP contribution in [0.3, 0.4) is 0 Å². The molecule has 0 amide bonds. The number of imidazole rings is 1. The summed E-state index contributed by atoms with van der Waals surface area (Å²) in [7, 11) is 0. The molecule has 7 nitrogen and oxygen atoms in total. The number of hydrazine groups is 1. The Kier molecular flexibility index (Phi) is 3.67. The number of nitrogens with one attached hydrogen (secondary N) is 2. The average Bonchev–Trinajstić information content (AvgIpc) is 3.01. The lowest BCUT2D eigenvalue weighted by Gasteiger charge is -2.18. The smallest absolute Gasteiger partial charge is 0.180 e. The van der Waals surface area contributed by atoms with Crippen LogP contribution in [0.15, 0.2) is 48.9 Å². The van der Waals surface area contributed by atoms with Gasteiger partial charge in [0, 0.05) is 12.4 Å². The molecule has 21 heavy (non-hydrogen) atoms. The normalized spacial score (nSPS) is 12.3. The molecule has 0 saturated heterocycles. The zero-order valence-corrected chi connectivity index (χ0v) is 11.3. The second kappa shape index (κ2) is 5.78. The summed E-state index contributed by atoms with van der Waals surface area (Å²) in [4.78, 5) is 8.63. The van der Waals surface area contributed by atoms with E-state index in [1.807, 2.05) is 34.7 Å². The number of nitrogens with zero attached hydrogens (tertiary/aromatic N) is 3. The van der Waals surface area contributed by atoms with Crippen molar-refractivity contribution in [2.45, 2.75) is 6.04 Å². The molecule has 0 aliphatic rings. The van der Waals surface area contributed by atoms with Crippen LogP contribution in [0.5, 0.6) is 0 Å². The molecule has 0 spiro atoms. The molecule has 1 atom stereocenters. The highest BCUT2D eigenvalue weighted by atomic mass is 16.3. The summed E-state index contributed by atoms with van der Waals surface area (Å²) in [5, 5.41) is 12.8. The second-order valence-electron chi connectivity index (χ2n) is 4.57. The van der Waals surface area contributed by atoms with Gasteiger partial charge in [-0.1, -0.05) is 30.3 Å². The molecule has 3 rings (SSSR count). The van der Waals surface area contributed by atoms with Crippen LogP contribution in [0.4, 0.5) is 11.6 Å². The minimum atomic E-state index is -0.271. The molecule has 0 aliphatic heterocycles. The van der Waals surface area contributed by atoms with Crippen LogP contribution in [0.1, 0.15) is 11.6 Å². The molecule has 5 N–H and O–H groups in total. The maximum atomic E-state index is 9.63. The highest BCUT2D eigenvalue weighted by Gasteiger charge is 2.14. The topological polar surface area (TPSA) is 100 Å². The highest BCUT2D eigenvalue weighted by Crippen LogP contribution is 2.22. The van der Waals surface area contributed by atoms with Crippen molar-refractivity contribution in [1.29, 1.82) is 0 Å². The predicted molar refractivity (Wildman–Crippen MR) is 80.7 cm³/mol. The van der Waals surface area contributed by atoms with Crippen molar-refractivity contribution in [3.05, 3.63) is 54.5 Å². The van der Waals surface area contributed by atoms with Gasteiger partial charge >= 0.3 is 0 Å². The Morgan fingerprint density at radius 1 is 1.29 bits per heavy atom. The Balaban J connectivity index is 1.98. The Morgan fingerprint density at radius 2 is 2.10 bits per heavy atom. The van der Waals surface area contributed by atoms with Gasteiger partial charge in [0.05, 0.1) is 18.8 Å². The number of anilines is 2. The van der Waals surface area contributed by atoms with E-state index >= 15 is 0 Å². The summed E-state index contributed by atoms with van der Waals surface area (Å²) < 4.78 is 1.81. The fourth-order valence-electron chi connectivity index (χ4n) is 2.18. The monoisotopic (exact) mass is 284 g/mol. The minimum Gasteiger partial charge on any atom is -0.394 e. The van der Waals surface area contributed by atoms with Gasteiger partial charge in [-0.15, -0.1) is 0 Å². The van der Waals surface area contributed by atoms with E-state index in [2.05, 4.69) is 20.7 Å². The molecular formula is C14H16N6O. The molecule has 0 bridgehead atoms. The van der Waals surface area contributed by atoms with E-state index in [0.717, 1.165) is 5.56 Å². The lowest BCUT2D eigenvalue weighted by Crippen LogP contribution is -2.18. The molecule has 0 fully saturated rings. The van der Waals surface area contributed by atoms with E-state index in [0.29, 0.717) is 17.3 Å². The summed E-state index contributed by atoms with van der Waals surface area (Å²) in [5.41, 5.74) is 4.16. The zero-order valence-electron chi connectivity index (χ0n) is 11.3. The van der Waals surface area contributed by atoms with Gasteiger partial charge in [-0.25, -0.2) is 15.8 Å². The van der Waals surface area contributed by atoms with Gasteiger partial charge in [0.1, 0.15) is 0 Å². The van der Waals surface area contributed by atoms with Crippen molar-refractivity contribution in [2.75, 3.05) is 17.3 Å². The molecular weight excluding hydrogens is 268 g/mol. The lowest BCUT2D eigenvalue weighted by atomic mass is 10.1. The quantitative estimate of drug-likeness (QED) is 0.414. The van der Waals surface area contributed by atoms with Crippen molar-refractivity contribution in [3.8, 4) is 0 Å². The molecule has 0 saturated carbocycles. The maximum absolute atomic E-state index is 9.63. The first-order valence-electron chi connectivity index (χ1n) is 6.54. The highest BCUT2D eigenvalue weighted by molar-refractivity contribution is 5.66. The molecule has 7 heteroatoms. The van der Waals surface area contributed by atoms with Crippen molar-refractivity contribution in [3.63, 3.8) is 0 Å². The number of aromatic nitrogens is 3. The third-order valence-corrected chi connectivity index (χ3v) is 3.22. The van der Waals surface area contributed by atoms with Gasteiger partial charge < -0.3 is 20.2 Å². The Hall–Kier alpha value is -2.64. The van der Waals surface area contributed by atoms with Crippen molar-refractivity contribution in [1.82, 2.24) is 14.4 Å². The van der Waals surface area contributed by atoms with Crippen molar-refractivity contribution in [2.24, 2.45) is 5.84 Å². The second-order valence-corrected chi connectivity index (χ2v) is 4.57. The molecule has 3 aromatic rings. The Morgan fingerprint density at radius 3 is 2.81 bits per heavy atom. The summed E-state index contributed by atoms with van der Waals surface area (Å²) in [6, 6.07) is 9.41. The first kappa shape index (κ1) is 13.3. The standard InChI is InChI=1S/C14H16N6O/c15-19-12-8-20-7-6-16-14(20)13(18-12)17-11(9-21)10-4-2-1-3-5-10/h1-8,11,19,21H,9,15H2,(H,17,18). The van der Waals surface area contributed by atoms with Gasteiger partial charge in [0.15, 0.2) is 17.3 Å². The maximum Gasteiger partial charge on any atom is 0.180 e. The van der Waals surface area contributed by atoms with Gasteiger partial charge in [-0.3, -0.25) is 0 Å². The van der Waals surface area contributed by atoms with E-state index in [1.165, 1.54) is 0 Å². The number of aliphatic hydroxyl groups is 1. The molecule has 2 heterocycles. The summed E-state index contributed by atoms with van der Waals surface area (Å²) in [5.74, 6) is 6.49. The van der Waals surface area contributed by atoms with Gasteiger partial charge in [0.2, 0.25) is 0 Å². The van der Waals surface area contributed by atoms with E-state index in [1.54, 1.807) is 18.6 Å². The Bertz CT molecular complexity index is 727. The number of nitrogen functional groups attached to an aromatic ring is 1. The van der Waals surface area contributed by atoms with E-state index in [-0.39, 0.29) is 12.6 Å². The number of nitrogens with two attached hydrogens (primary N) is 1. The van der Waals surface area contributed by atoms with Crippen LogP contribution in [0.2, 0.25) is 0 Å². The van der Waals surface area contributed by atoms with Crippen LogP contribution in [0.25, 0.3) is 5.65 Å². The number of fused-ring (bicyclic) bond motifs is 1. The molecule has 2 aromatic heterocycles. The molecule has 108 valence electrons. The van der Waals surface area contributed by atoms with Crippen molar-refractivity contribution < 1.29 is 5.11 Å². The third kappa shape index (κ3) is 2.64. The number of aliphatic hydroxyl groups excluding tert-OH is 1. The number of benzene rings is 1. The van der Waals surface area contributed by atoms with Gasteiger partial charge in [0.25, 0.3) is 0 Å². The SMILES string of the molecule is NNc1cn2ccnc2c(NC(CO)c2ccccc2)n1. The van der Waals surface area contributed by atoms with E-state index in [4.69, 9.17) is 5.84 Å². The largest absolute Gasteiger partial charge is 0.394 e. The van der Waals surface area contributed by atoms with Crippen LogP contribution in [-0.4, -0.2) is 26.1 Å². The first-order chi connectivity index (χ1) is 10.3. The third-order valence-electron chi connectivity index (χ3n) is 3.22. The summed E-state index contributed by atoms with van der Waals surface area (Å²) >= 11 is 0. The number of hydrogen-bond acceptors (Lipinski definition) is 6. The first-order valence-corrected chi connectivity index (χ1v) is 6.54. The molecule has 1 unspecified atom stereocenters. The van der Waals surface area contributed by atoms with Crippen LogP contribution in [-0.2, 0) is 0 Å². The van der Waals surface area contributed by atoms with Gasteiger partial charge in [-0.2, -0.15) is 0 Å². The molecule has 1 aromatic carbocycles. The van der Waals surface area contributed by atoms with Crippen molar-refractivity contribution >= 4 is 17.3 Å². The van der Waals surface area contributed by atoms with E-state index < -0.39 is 0 Å². The predicted octanol–water partition coefficient (Wildman–Crippen LogP) is 1.16. The number of hydrogen-bond donors (Lipinski definition) is 4. The average molecular weight is 284 g/mol. The summed E-state index contributed by atoms with van der Waals surface area (Å²) in [6.45, 7) is -0.0567. The van der Waals surface area contributed by atoms with Crippen LogP contribution < -0.4 is 16.6 Å². The summed E-state index contributed by atoms with van der Waals surface area (Å²) in [6.07, 6.45) is 5.22. The van der Waals surface area contributed by atoms with Crippen LogP contribution >= 0.6 is 0 Å². The zero-order chi connectivity index (χ0) is 14.7. The molecule has 0 aliphatic carbocycles.